The number of ether oxygens (including phenoxy) is 2. The number of aromatic nitrogens is 1. The van der Waals surface area contributed by atoms with Crippen molar-refractivity contribution in [1.29, 1.82) is 0 Å². The van der Waals surface area contributed by atoms with Gasteiger partial charge in [0.15, 0.2) is 0 Å². The molecule has 1 spiro atoms. The lowest BCUT2D eigenvalue weighted by atomic mass is 9.59. The number of carboxylic acid groups (broad SMARTS) is 1. The summed E-state index contributed by atoms with van der Waals surface area (Å²) in [5.41, 5.74) is 4.75. The average Bonchev–Trinajstić information content (AvgIpc) is 3.29. The van der Waals surface area contributed by atoms with E-state index in [4.69, 9.17) is 21.1 Å². The van der Waals surface area contributed by atoms with Crippen LogP contribution in [-0.4, -0.2) is 35.3 Å². The Morgan fingerprint density at radius 3 is 2.71 bits per heavy atom. The average molecular weight is 589 g/mol. The van der Waals surface area contributed by atoms with Crippen LogP contribution in [0.15, 0.2) is 60.8 Å². The van der Waals surface area contributed by atoms with E-state index in [-0.39, 0.29) is 11.5 Å². The number of methoxy groups -OCH3 is 1. The molecule has 0 bridgehead atoms. The van der Waals surface area contributed by atoms with Crippen LogP contribution in [0, 0.1) is 11.8 Å². The smallest absolute Gasteiger partial charge is 0.329 e. The number of aryl methyl sites for hydroxylation is 1. The molecule has 2 aromatic carbocycles. The highest BCUT2D eigenvalue weighted by Crippen LogP contribution is 2.56. The summed E-state index contributed by atoms with van der Waals surface area (Å²) in [6, 6.07) is 18.2. The van der Waals surface area contributed by atoms with Crippen molar-refractivity contribution in [3.8, 4) is 5.75 Å². The molecule has 7 heteroatoms. The van der Waals surface area contributed by atoms with Crippen molar-refractivity contribution < 1.29 is 19.4 Å². The van der Waals surface area contributed by atoms with Gasteiger partial charge in [0, 0.05) is 35.3 Å². The van der Waals surface area contributed by atoms with E-state index in [1.165, 1.54) is 11.1 Å². The van der Waals surface area contributed by atoms with Crippen molar-refractivity contribution in [2.24, 2.45) is 11.8 Å². The number of hydrogen-bond donors (Lipinski definition) is 2. The van der Waals surface area contributed by atoms with Crippen LogP contribution in [0.4, 0.5) is 5.69 Å². The van der Waals surface area contributed by atoms with Crippen LogP contribution in [0.3, 0.4) is 0 Å². The summed E-state index contributed by atoms with van der Waals surface area (Å²) < 4.78 is 12.3. The number of carbonyl (C=O) groups is 1. The zero-order valence-corrected chi connectivity index (χ0v) is 25.3. The molecular formula is C35H41ClN2O4. The first-order valence-corrected chi connectivity index (χ1v) is 15.7. The van der Waals surface area contributed by atoms with Gasteiger partial charge in [-0.25, -0.2) is 4.79 Å². The van der Waals surface area contributed by atoms with Crippen LogP contribution in [0.1, 0.15) is 80.4 Å². The van der Waals surface area contributed by atoms with E-state index in [0.717, 1.165) is 67.6 Å². The summed E-state index contributed by atoms with van der Waals surface area (Å²) in [6.07, 6.45) is 9.77. The summed E-state index contributed by atoms with van der Waals surface area (Å²) in [5, 5.41) is 14.4. The van der Waals surface area contributed by atoms with Gasteiger partial charge in [0.1, 0.15) is 11.3 Å². The predicted molar refractivity (Wildman–Crippen MR) is 165 cm³/mol. The predicted octanol–water partition coefficient (Wildman–Crippen LogP) is 7.78. The molecule has 1 saturated carbocycles. The molecule has 6 nitrogen and oxygen atoms in total. The third-order valence-corrected chi connectivity index (χ3v) is 10.4. The summed E-state index contributed by atoms with van der Waals surface area (Å²) in [5.74, 6) is 0.880. The molecule has 42 heavy (non-hydrogen) atoms. The molecule has 6 rings (SSSR count). The van der Waals surface area contributed by atoms with Crippen LogP contribution >= 0.6 is 11.6 Å². The fraction of sp³-hybridized carbons (Fsp3) is 0.486. The second-order valence-corrected chi connectivity index (χ2v) is 13.1. The number of carboxylic acids is 1. The molecule has 0 radical (unpaired) electrons. The van der Waals surface area contributed by atoms with Gasteiger partial charge in [-0.15, -0.1) is 0 Å². The number of fused-ring (bicyclic) bond motifs is 3. The van der Waals surface area contributed by atoms with Gasteiger partial charge in [-0.2, -0.15) is 0 Å². The molecule has 222 valence electrons. The topological polar surface area (TPSA) is 80.7 Å². The number of anilines is 1. The monoisotopic (exact) mass is 588 g/mol. The number of benzene rings is 2. The first-order valence-electron chi connectivity index (χ1n) is 15.3. The molecule has 2 N–H and O–H groups in total. The fourth-order valence-electron chi connectivity index (χ4n) is 8.00. The summed E-state index contributed by atoms with van der Waals surface area (Å²) in [4.78, 5) is 17.3. The summed E-state index contributed by atoms with van der Waals surface area (Å²) in [6.45, 7) is 2.91. The van der Waals surface area contributed by atoms with Gasteiger partial charge in [-0.05, 0) is 110 Å². The van der Waals surface area contributed by atoms with Crippen molar-refractivity contribution in [3.63, 3.8) is 0 Å². The molecular weight excluding hydrogens is 548 g/mol. The maximum absolute atomic E-state index is 12.7. The molecule has 1 aromatic heterocycles. The Balaban J connectivity index is 1.19. The van der Waals surface area contributed by atoms with Crippen LogP contribution in [0.5, 0.6) is 5.75 Å². The SMILES string of the molecule is CO[C@@H]1CCCc2nccc(OC[C@H](C)C[C@H]3Cc4ccccc4C34CCC(Nc3cccc(Cl)c3)(C(=O)O)CC4)c21. The van der Waals surface area contributed by atoms with Crippen molar-refractivity contribution in [2.45, 2.75) is 81.8 Å². The van der Waals surface area contributed by atoms with E-state index < -0.39 is 11.5 Å². The Hall–Kier alpha value is -3.09. The molecule has 3 aromatic rings. The molecule has 0 saturated heterocycles. The second-order valence-electron chi connectivity index (χ2n) is 12.7. The highest BCUT2D eigenvalue weighted by atomic mass is 35.5. The Morgan fingerprint density at radius 2 is 1.95 bits per heavy atom. The van der Waals surface area contributed by atoms with E-state index in [9.17, 15) is 9.90 Å². The van der Waals surface area contributed by atoms with Crippen molar-refractivity contribution in [3.05, 3.63) is 88.2 Å². The molecule has 1 heterocycles. The van der Waals surface area contributed by atoms with Crippen molar-refractivity contribution in [1.82, 2.24) is 4.98 Å². The fourth-order valence-corrected chi connectivity index (χ4v) is 8.19. The van der Waals surface area contributed by atoms with Crippen molar-refractivity contribution >= 4 is 23.3 Å². The number of nitrogens with zero attached hydrogens (tertiary/aromatic N) is 1. The number of aliphatic carboxylic acids is 1. The first-order chi connectivity index (χ1) is 20.3. The highest BCUT2D eigenvalue weighted by molar-refractivity contribution is 6.30. The Labute approximate surface area is 253 Å². The van der Waals surface area contributed by atoms with Gasteiger partial charge < -0.3 is 19.9 Å². The van der Waals surface area contributed by atoms with Gasteiger partial charge in [-0.1, -0.05) is 48.9 Å². The maximum Gasteiger partial charge on any atom is 0.329 e. The van der Waals surface area contributed by atoms with Crippen LogP contribution in [0.2, 0.25) is 5.02 Å². The van der Waals surface area contributed by atoms with Crippen molar-refractivity contribution in [2.75, 3.05) is 19.0 Å². The van der Waals surface area contributed by atoms with Gasteiger partial charge in [0.2, 0.25) is 0 Å². The van der Waals surface area contributed by atoms with E-state index in [1.807, 2.05) is 24.4 Å². The van der Waals surface area contributed by atoms with E-state index in [1.54, 1.807) is 19.2 Å². The minimum atomic E-state index is -1.01. The lowest BCUT2D eigenvalue weighted by molar-refractivity contribution is -0.144. The zero-order valence-electron chi connectivity index (χ0n) is 24.6. The molecule has 0 amide bonds. The Kier molecular flexibility index (Phi) is 8.21. The first kappa shape index (κ1) is 29.0. The number of rotatable bonds is 9. The van der Waals surface area contributed by atoms with Crippen LogP contribution in [0.25, 0.3) is 0 Å². The normalized spacial score (nSPS) is 27.2. The van der Waals surface area contributed by atoms with Gasteiger partial charge in [-0.3, -0.25) is 4.98 Å². The minimum Gasteiger partial charge on any atom is -0.493 e. The second kappa shape index (κ2) is 11.9. The third-order valence-electron chi connectivity index (χ3n) is 10.1. The van der Waals surface area contributed by atoms with Gasteiger partial charge in [0.05, 0.1) is 12.7 Å². The lowest BCUT2D eigenvalue weighted by Gasteiger charge is -2.47. The Bertz CT molecular complexity index is 1430. The van der Waals surface area contributed by atoms with Gasteiger partial charge in [0.25, 0.3) is 0 Å². The molecule has 3 aliphatic rings. The minimum absolute atomic E-state index is 0.0310. The third kappa shape index (κ3) is 5.40. The number of pyridine rings is 1. The molecule has 3 atom stereocenters. The van der Waals surface area contributed by atoms with E-state index in [0.29, 0.717) is 36.3 Å². The van der Waals surface area contributed by atoms with E-state index >= 15 is 0 Å². The maximum atomic E-state index is 12.7. The summed E-state index contributed by atoms with van der Waals surface area (Å²) in [7, 11) is 1.77. The van der Waals surface area contributed by atoms with E-state index in [2.05, 4.69) is 41.5 Å². The standard InChI is InChI=1S/C35H41ClN2O4/c1-23(22-42-31-13-18-37-29-11-6-12-30(41-2)32(29)31)19-25-20-24-7-3-4-10-28(24)34(25)14-16-35(17-15-34,33(39)40)38-27-9-5-8-26(36)21-27/h3-5,7-10,13,18,21,23,25,30,38H,6,11-12,14-17,19-20,22H2,1-2H3,(H,39,40)/t23-,25+,30-,34?,35?/m1/s1. The number of nitrogens with one attached hydrogen (secondary N) is 1. The Morgan fingerprint density at radius 1 is 1.14 bits per heavy atom. The zero-order chi connectivity index (χ0) is 29.3. The van der Waals surface area contributed by atoms with Crippen LogP contribution in [-0.2, 0) is 27.8 Å². The largest absolute Gasteiger partial charge is 0.493 e. The molecule has 0 unspecified atom stereocenters. The van der Waals surface area contributed by atoms with Crippen LogP contribution < -0.4 is 10.1 Å². The quantitative estimate of drug-likeness (QED) is 0.266. The van der Waals surface area contributed by atoms with Gasteiger partial charge >= 0.3 is 5.97 Å². The highest BCUT2D eigenvalue weighted by Gasteiger charge is 2.54. The summed E-state index contributed by atoms with van der Waals surface area (Å²) >= 11 is 6.22. The molecule has 0 aliphatic heterocycles. The molecule has 1 fully saturated rings. The number of hydrogen-bond acceptors (Lipinski definition) is 5. The number of halogens is 1. The lowest BCUT2D eigenvalue weighted by Crippen LogP contribution is -2.53. The molecule has 3 aliphatic carbocycles.